The number of nitrogens with zero attached hydrogens (tertiary/aromatic N) is 1. The molecule has 1 heterocycles. The number of amides is 3. The quantitative estimate of drug-likeness (QED) is 0.478. The summed E-state index contributed by atoms with van der Waals surface area (Å²) < 4.78 is 34.0. The molecule has 0 saturated carbocycles. The Balaban J connectivity index is 1.79. The third-order valence-corrected chi connectivity index (χ3v) is 5.69. The van der Waals surface area contributed by atoms with Crippen molar-refractivity contribution in [2.24, 2.45) is 0 Å². The Hall–Kier alpha value is -3.82. The van der Waals surface area contributed by atoms with E-state index in [9.17, 15) is 27.4 Å². The number of nitrogens with one attached hydrogen (secondary N) is 1. The van der Waals surface area contributed by atoms with Crippen LogP contribution in [-0.4, -0.2) is 30.7 Å². The van der Waals surface area contributed by atoms with Gasteiger partial charge < -0.3 is 5.32 Å². The first kappa shape index (κ1) is 20.5. The highest BCUT2D eigenvalue weighted by atomic mass is 32.2. The highest BCUT2D eigenvalue weighted by Crippen LogP contribution is 2.35. The predicted molar refractivity (Wildman–Crippen MR) is 114 cm³/mol. The van der Waals surface area contributed by atoms with Gasteiger partial charge in [-0.2, -0.15) is 8.42 Å². The fourth-order valence-electron chi connectivity index (χ4n) is 3.44. The van der Waals surface area contributed by atoms with E-state index >= 15 is 0 Å². The molecule has 0 saturated heterocycles. The molecule has 0 spiro atoms. The maximum absolute atomic E-state index is 12.8. The van der Waals surface area contributed by atoms with Gasteiger partial charge in [-0.25, -0.2) is 4.90 Å². The molecule has 8 nitrogen and oxygen atoms in total. The highest BCUT2D eigenvalue weighted by molar-refractivity contribution is 7.86. The van der Waals surface area contributed by atoms with Crippen molar-refractivity contribution in [2.75, 3.05) is 10.2 Å². The predicted octanol–water partition coefficient (Wildman–Crippen LogP) is 3.36. The standard InChI is InChI=1S/C22H16N2O6S/c1-13(25)23-16-9-6-14(7-10-16)15-8-11-19(20(12-15)31(28,29)30)24-21(26)17-4-2-3-5-18(17)22(24)27/h2-12H,1H3,(H,23,25)(H,28,29,30). The number of imide groups is 1. The molecule has 9 heteroatoms. The molecule has 3 aromatic rings. The summed E-state index contributed by atoms with van der Waals surface area (Å²) in [4.78, 5) is 36.9. The van der Waals surface area contributed by atoms with E-state index in [-0.39, 0.29) is 22.7 Å². The third kappa shape index (κ3) is 3.72. The minimum Gasteiger partial charge on any atom is -0.326 e. The van der Waals surface area contributed by atoms with Crippen LogP contribution < -0.4 is 10.2 Å². The molecule has 31 heavy (non-hydrogen) atoms. The molecule has 0 aliphatic carbocycles. The van der Waals surface area contributed by atoms with Crippen LogP contribution in [0.25, 0.3) is 11.1 Å². The second-order valence-corrected chi connectivity index (χ2v) is 8.30. The topological polar surface area (TPSA) is 121 Å². The van der Waals surface area contributed by atoms with Crippen LogP contribution in [0.1, 0.15) is 27.6 Å². The summed E-state index contributed by atoms with van der Waals surface area (Å²) in [5, 5.41) is 2.63. The number of carbonyl (C=O) groups excluding carboxylic acids is 3. The molecule has 0 bridgehead atoms. The minimum absolute atomic E-state index is 0.159. The van der Waals surface area contributed by atoms with Gasteiger partial charge in [-0.1, -0.05) is 30.3 Å². The molecule has 0 fully saturated rings. The zero-order valence-electron chi connectivity index (χ0n) is 16.2. The van der Waals surface area contributed by atoms with Crippen molar-refractivity contribution < 1.29 is 27.4 Å². The van der Waals surface area contributed by atoms with Crippen molar-refractivity contribution in [3.63, 3.8) is 0 Å². The van der Waals surface area contributed by atoms with Crippen LogP contribution in [0.4, 0.5) is 11.4 Å². The smallest absolute Gasteiger partial charge is 0.296 e. The van der Waals surface area contributed by atoms with Crippen LogP contribution in [0.3, 0.4) is 0 Å². The average Bonchev–Trinajstić information content (AvgIpc) is 2.98. The summed E-state index contributed by atoms with van der Waals surface area (Å²) in [5.41, 5.74) is 1.69. The summed E-state index contributed by atoms with van der Waals surface area (Å²) in [6.45, 7) is 1.38. The Labute approximate surface area is 177 Å². The van der Waals surface area contributed by atoms with Gasteiger partial charge in [-0.3, -0.25) is 18.9 Å². The molecule has 156 valence electrons. The van der Waals surface area contributed by atoms with Gasteiger partial charge in [0.1, 0.15) is 4.90 Å². The summed E-state index contributed by atoms with van der Waals surface area (Å²) in [6, 6.07) is 16.8. The monoisotopic (exact) mass is 436 g/mol. The van der Waals surface area contributed by atoms with Gasteiger partial charge in [0.2, 0.25) is 5.91 Å². The fraction of sp³-hybridized carbons (Fsp3) is 0.0455. The van der Waals surface area contributed by atoms with Gasteiger partial charge in [0.15, 0.2) is 0 Å². The van der Waals surface area contributed by atoms with Gasteiger partial charge in [0.05, 0.1) is 16.8 Å². The lowest BCUT2D eigenvalue weighted by Gasteiger charge is -2.18. The second kappa shape index (κ2) is 7.46. The number of hydrogen-bond donors (Lipinski definition) is 2. The van der Waals surface area contributed by atoms with E-state index in [0.29, 0.717) is 16.8 Å². The molecule has 3 amide bonds. The van der Waals surface area contributed by atoms with E-state index in [1.807, 2.05) is 0 Å². The van der Waals surface area contributed by atoms with E-state index in [1.165, 1.54) is 31.2 Å². The number of fused-ring (bicyclic) bond motifs is 1. The number of carbonyl (C=O) groups is 3. The molecular weight excluding hydrogens is 420 g/mol. The highest BCUT2D eigenvalue weighted by Gasteiger charge is 2.38. The van der Waals surface area contributed by atoms with Crippen molar-refractivity contribution in [3.05, 3.63) is 77.9 Å². The minimum atomic E-state index is -4.76. The van der Waals surface area contributed by atoms with Crippen LogP contribution in [0.2, 0.25) is 0 Å². The molecule has 2 N–H and O–H groups in total. The number of anilines is 2. The largest absolute Gasteiger partial charge is 0.326 e. The average molecular weight is 436 g/mol. The molecule has 3 aromatic carbocycles. The maximum atomic E-state index is 12.8. The Morgan fingerprint density at radius 2 is 1.42 bits per heavy atom. The molecule has 0 atom stereocenters. The Morgan fingerprint density at radius 3 is 1.94 bits per heavy atom. The molecule has 0 aromatic heterocycles. The summed E-state index contributed by atoms with van der Waals surface area (Å²) in [7, 11) is -4.76. The summed E-state index contributed by atoms with van der Waals surface area (Å²) in [6.07, 6.45) is 0. The zero-order valence-corrected chi connectivity index (χ0v) is 17.0. The van der Waals surface area contributed by atoms with E-state index in [4.69, 9.17) is 0 Å². The number of hydrogen-bond acceptors (Lipinski definition) is 5. The van der Waals surface area contributed by atoms with Crippen molar-refractivity contribution in [3.8, 4) is 11.1 Å². The van der Waals surface area contributed by atoms with Crippen LogP contribution in [0.5, 0.6) is 0 Å². The third-order valence-electron chi connectivity index (χ3n) is 4.81. The van der Waals surface area contributed by atoms with Crippen LogP contribution >= 0.6 is 0 Å². The summed E-state index contributed by atoms with van der Waals surface area (Å²) in [5.74, 6) is -1.57. The first-order chi connectivity index (χ1) is 14.7. The lowest BCUT2D eigenvalue weighted by atomic mass is 10.0. The molecule has 0 unspecified atom stereocenters. The van der Waals surface area contributed by atoms with Gasteiger partial charge >= 0.3 is 0 Å². The van der Waals surface area contributed by atoms with Crippen molar-refractivity contribution >= 4 is 39.2 Å². The second-order valence-electron chi connectivity index (χ2n) is 6.91. The van der Waals surface area contributed by atoms with Gasteiger partial charge in [-0.15, -0.1) is 0 Å². The van der Waals surface area contributed by atoms with Gasteiger partial charge in [0, 0.05) is 12.6 Å². The molecule has 0 radical (unpaired) electrons. The van der Waals surface area contributed by atoms with Crippen LogP contribution in [-0.2, 0) is 14.9 Å². The van der Waals surface area contributed by atoms with Crippen LogP contribution in [0.15, 0.2) is 71.6 Å². The van der Waals surface area contributed by atoms with E-state index < -0.39 is 26.8 Å². The van der Waals surface area contributed by atoms with Crippen molar-refractivity contribution in [1.29, 1.82) is 0 Å². The molecule has 4 rings (SSSR count). The lowest BCUT2D eigenvalue weighted by molar-refractivity contribution is -0.114. The summed E-state index contributed by atoms with van der Waals surface area (Å²) >= 11 is 0. The SMILES string of the molecule is CC(=O)Nc1ccc(-c2ccc(N3C(=O)c4ccccc4C3=O)c(S(=O)(=O)O)c2)cc1. The zero-order chi connectivity index (χ0) is 22.3. The van der Waals surface area contributed by atoms with E-state index in [0.717, 1.165) is 4.90 Å². The number of benzene rings is 3. The fourth-order valence-corrected chi connectivity index (χ4v) is 4.14. The van der Waals surface area contributed by atoms with Crippen molar-refractivity contribution in [1.82, 2.24) is 0 Å². The molecule has 1 aliphatic rings. The van der Waals surface area contributed by atoms with E-state index in [2.05, 4.69) is 5.32 Å². The normalized spacial score (nSPS) is 13.3. The lowest BCUT2D eigenvalue weighted by Crippen LogP contribution is -2.30. The van der Waals surface area contributed by atoms with Crippen molar-refractivity contribution in [2.45, 2.75) is 11.8 Å². The Kier molecular flexibility index (Phi) is 4.92. The molecular formula is C22H16N2O6S. The van der Waals surface area contributed by atoms with Gasteiger partial charge in [-0.05, 0) is 47.5 Å². The maximum Gasteiger partial charge on any atom is 0.296 e. The molecule has 1 aliphatic heterocycles. The number of rotatable bonds is 4. The first-order valence-corrected chi connectivity index (χ1v) is 10.6. The Bertz CT molecular complexity index is 1310. The Morgan fingerprint density at radius 1 is 0.871 bits per heavy atom. The van der Waals surface area contributed by atoms with Crippen LogP contribution in [0, 0.1) is 0 Å². The first-order valence-electron chi connectivity index (χ1n) is 9.14. The van der Waals surface area contributed by atoms with Gasteiger partial charge in [0.25, 0.3) is 21.9 Å². The van der Waals surface area contributed by atoms with E-state index in [1.54, 1.807) is 42.5 Å².